The minimum Gasteiger partial charge on any atom is -0.330 e. The molecule has 0 bridgehead atoms. The molecule has 0 aliphatic carbocycles. The predicted molar refractivity (Wildman–Crippen MR) is 99.9 cm³/mol. The van der Waals surface area contributed by atoms with Gasteiger partial charge in [0, 0.05) is 23.7 Å². The Hall–Kier alpha value is -2.76. The third-order valence-electron chi connectivity index (χ3n) is 4.55. The number of aromatic nitrogens is 4. The fourth-order valence-electron chi connectivity index (χ4n) is 3.27. The molecule has 26 heavy (non-hydrogen) atoms. The van der Waals surface area contributed by atoms with Gasteiger partial charge in [0.05, 0.1) is 29.8 Å². The number of H-pyrrole nitrogens is 1. The van der Waals surface area contributed by atoms with Crippen molar-refractivity contribution in [1.29, 1.82) is 5.26 Å². The number of anilines is 2. The fraction of sp³-hybridized carbons (Fsp3) is 0.333. The van der Waals surface area contributed by atoms with Gasteiger partial charge in [0.15, 0.2) is 5.13 Å². The fourth-order valence-corrected chi connectivity index (χ4v) is 4.04. The second kappa shape index (κ2) is 7.64. The maximum absolute atomic E-state index is 8.83. The van der Waals surface area contributed by atoms with E-state index in [1.54, 1.807) is 23.6 Å². The van der Waals surface area contributed by atoms with Crippen LogP contribution in [0.1, 0.15) is 42.3 Å². The molecule has 4 heterocycles. The zero-order valence-corrected chi connectivity index (χ0v) is 15.0. The van der Waals surface area contributed by atoms with Crippen LogP contribution in [0.4, 0.5) is 10.8 Å². The largest absolute Gasteiger partial charge is 0.330 e. The van der Waals surface area contributed by atoms with Gasteiger partial charge in [-0.05, 0) is 31.5 Å². The first-order valence-electron chi connectivity index (χ1n) is 8.62. The van der Waals surface area contributed by atoms with E-state index in [-0.39, 0.29) is 0 Å². The van der Waals surface area contributed by atoms with Crippen molar-refractivity contribution < 1.29 is 0 Å². The molecule has 1 unspecified atom stereocenters. The van der Waals surface area contributed by atoms with E-state index in [0.717, 1.165) is 36.0 Å². The SMILES string of the molecule is N#Cc1ccc(Nc2nc(C3CCCCN3Cc3cn[nH]c3)cs2)cn1. The first-order valence-corrected chi connectivity index (χ1v) is 9.50. The lowest BCUT2D eigenvalue weighted by Crippen LogP contribution is -2.33. The summed E-state index contributed by atoms with van der Waals surface area (Å²) in [6, 6.07) is 5.91. The summed E-state index contributed by atoms with van der Waals surface area (Å²) in [5.41, 5.74) is 3.56. The van der Waals surface area contributed by atoms with Crippen molar-refractivity contribution in [3.8, 4) is 6.07 Å². The topological polar surface area (TPSA) is 93.5 Å². The molecular weight excluding hydrogens is 346 g/mol. The molecule has 1 saturated heterocycles. The van der Waals surface area contributed by atoms with Gasteiger partial charge in [-0.15, -0.1) is 11.3 Å². The molecule has 7 nitrogen and oxygen atoms in total. The van der Waals surface area contributed by atoms with Crippen LogP contribution in [-0.4, -0.2) is 31.6 Å². The van der Waals surface area contributed by atoms with Gasteiger partial charge < -0.3 is 5.32 Å². The van der Waals surface area contributed by atoms with E-state index in [1.807, 2.05) is 24.5 Å². The Morgan fingerprint density at radius 2 is 2.31 bits per heavy atom. The summed E-state index contributed by atoms with van der Waals surface area (Å²) >= 11 is 1.60. The van der Waals surface area contributed by atoms with E-state index < -0.39 is 0 Å². The molecule has 0 amide bonds. The molecule has 132 valence electrons. The van der Waals surface area contributed by atoms with Gasteiger partial charge in [0.2, 0.25) is 0 Å². The average Bonchev–Trinajstić information content (AvgIpc) is 3.35. The summed E-state index contributed by atoms with van der Waals surface area (Å²) in [4.78, 5) is 11.4. The molecule has 1 aliphatic rings. The number of likely N-dealkylation sites (tertiary alicyclic amines) is 1. The first-order chi connectivity index (χ1) is 12.8. The van der Waals surface area contributed by atoms with Crippen molar-refractivity contribution in [3.05, 3.63) is 53.1 Å². The van der Waals surface area contributed by atoms with Gasteiger partial charge in [0.1, 0.15) is 11.8 Å². The molecule has 0 spiro atoms. The maximum Gasteiger partial charge on any atom is 0.187 e. The highest BCUT2D eigenvalue weighted by atomic mass is 32.1. The van der Waals surface area contributed by atoms with E-state index in [4.69, 9.17) is 10.2 Å². The van der Waals surface area contributed by atoms with Gasteiger partial charge >= 0.3 is 0 Å². The Balaban J connectivity index is 1.47. The number of nitrogens with one attached hydrogen (secondary N) is 2. The van der Waals surface area contributed by atoms with Crippen LogP contribution >= 0.6 is 11.3 Å². The molecule has 0 radical (unpaired) electrons. The van der Waals surface area contributed by atoms with Crippen LogP contribution in [0.3, 0.4) is 0 Å². The number of rotatable bonds is 5. The Labute approximate surface area is 155 Å². The van der Waals surface area contributed by atoms with Gasteiger partial charge in [0.25, 0.3) is 0 Å². The molecule has 1 atom stereocenters. The highest BCUT2D eigenvalue weighted by Gasteiger charge is 2.26. The van der Waals surface area contributed by atoms with E-state index in [2.05, 4.69) is 30.8 Å². The maximum atomic E-state index is 8.83. The van der Waals surface area contributed by atoms with Crippen LogP contribution in [0.2, 0.25) is 0 Å². The van der Waals surface area contributed by atoms with Crippen molar-refractivity contribution in [3.63, 3.8) is 0 Å². The number of hydrogen-bond donors (Lipinski definition) is 2. The minimum atomic E-state index is 0.338. The average molecular weight is 365 g/mol. The Bertz CT molecular complexity index is 879. The standard InChI is InChI=1S/C18H19N7S/c19-7-14-4-5-15(10-20-14)23-18-24-16(12-26-18)17-3-1-2-6-25(17)11-13-8-21-22-9-13/h4-5,8-10,12,17H,1-3,6,11H2,(H,21,22)(H,23,24). The van der Waals surface area contributed by atoms with Crippen LogP contribution in [0.15, 0.2) is 36.1 Å². The summed E-state index contributed by atoms with van der Waals surface area (Å²) in [6.45, 7) is 1.97. The molecule has 4 rings (SSSR count). The number of pyridine rings is 1. The van der Waals surface area contributed by atoms with Crippen LogP contribution in [0, 0.1) is 11.3 Å². The van der Waals surface area contributed by atoms with Crippen molar-refractivity contribution in [2.24, 2.45) is 0 Å². The molecule has 3 aromatic heterocycles. The number of nitrogens with zero attached hydrogens (tertiary/aromatic N) is 5. The molecule has 3 aromatic rings. The van der Waals surface area contributed by atoms with Crippen molar-refractivity contribution in [1.82, 2.24) is 25.1 Å². The quantitative estimate of drug-likeness (QED) is 0.717. The number of aromatic amines is 1. The predicted octanol–water partition coefficient (Wildman–Crippen LogP) is 3.60. The zero-order valence-electron chi connectivity index (χ0n) is 14.2. The van der Waals surface area contributed by atoms with Crippen LogP contribution < -0.4 is 5.32 Å². The third kappa shape index (κ3) is 3.74. The van der Waals surface area contributed by atoms with E-state index in [0.29, 0.717) is 11.7 Å². The molecular formula is C18H19N7S. The minimum absolute atomic E-state index is 0.338. The highest BCUT2D eigenvalue weighted by molar-refractivity contribution is 7.13. The summed E-state index contributed by atoms with van der Waals surface area (Å²) in [7, 11) is 0. The number of thiazole rings is 1. The lowest BCUT2D eigenvalue weighted by molar-refractivity contribution is 0.138. The zero-order chi connectivity index (χ0) is 17.8. The second-order valence-corrected chi connectivity index (χ2v) is 7.19. The first kappa shape index (κ1) is 16.7. The second-order valence-electron chi connectivity index (χ2n) is 6.34. The third-order valence-corrected chi connectivity index (χ3v) is 5.32. The Kier molecular flexibility index (Phi) is 4.91. The van der Waals surface area contributed by atoms with E-state index in [1.165, 1.54) is 18.4 Å². The van der Waals surface area contributed by atoms with Crippen LogP contribution in [0.5, 0.6) is 0 Å². The number of piperidine rings is 1. The molecule has 0 saturated carbocycles. The normalized spacial score (nSPS) is 17.7. The van der Waals surface area contributed by atoms with Gasteiger partial charge in [-0.2, -0.15) is 10.4 Å². The number of hydrogen-bond acceptors (Lipinski definition) is 7. The summed E-state index contributed by atoms with van der Waals surface area (Å²) < 4.78 is 0. The van der Waals surface area contributed by atoms with Gasteiger partial charge in [-0.25, -0.2) is 9.97 Å². The summed E-state index contributed by atoms with van der Waals surface area (Å²) in [6.07, 6.45) is 9.08. The Morgan fingerprint density at radius 1 is 1.35 bits per heavy atom. The number of nitriles is 1. The van der Waals surface area contributed by atoms with Gasteiger partial charge in [-0.3, -0.25) is 10.00 Å². The molecule has 1 aliphatic heterocycles. The lowest BCUT2D eigenvalue weighted by atomic mass is 9.99. The molecule has 8 heteroatoms. The molecule has 0 aromatic carbocycles. The monoisotopic (exact) mass is 365 g/mol. The smallest absolute Gasteiger partial charge is 0.187 e. The van der Waals surface area contributed by atoms with Crippen molar-refractivity contribution in [2.75, 3.05) is 11.9 Å². The van der Waals surface area contributed by atoms with Crippen LogP contribution in [0.25, 0.3) is 0 Å². The lowest BCUT2D eigenvalue weighted by Gasteiger charge is -2.34. The summed E-state index contributed by atoms with van der Waals surface area (Å²) in [5, 5.41) is 22.0. The van der Waals surface area contributed by atoms with Gasteiger partial charge in [-0.1, -0.05) is 6.42 Å². The van der Waals surface area contributed by atoms with Crippen molar-refractivity contribution >= 4 is 22.2 Å². The highest BCUT2D eigenvalue weighted by Crippen LogP contribution is 2.34. The Morgan fingerprint density at radius 3 is 3.08 bits per heavy atom. The van der Waals surface area contributed by atoms with Crippen LogP contribution in [-0.2, 0) is 6.54 Å². The molecule has 1 fully saturated rings. The summed E-state index contributed by atoms with van der Waals surface area (Å²) in [5.74, 6) is 0. The van der Waals surface area contributed by atoms with E-state index >= 15 is 0 Å². The van der Waals surface area contributed by atoms with E-state index in [9.17, 15) is 0 Å². The molecule has 2 N–H and O–H groups in total. The van der Waals surface area contributed by atoms with Crippen molar-refractivity contribution in [2.45, 2.75) is 31.8 Å².